The molecule has 0 saturated carbocycles. The van der Waals surface area contributed by atoms with E-state index in [0.717, 1.165) is 5.69 Å². The van der Waals surface area contributed by atoms with Crippen molar-refractivity contribution in [3.05, 3.63) is 28.5 Å². The van der Waals surface area contributed by atoms with Gasteiger partial charge in [0.2, 0.25) is 10.0 Å². The van der Waals surface area contributed by atoms with Crippen molar-refractivity contribution in [2.45, 2.75) is 5.25 Å². The predicted octanol–water partition coefficient (Wildman–Crippen LogP) is 1.44. The molecule has 2 aliphatic heterocycles. The van der Waals surface area contributed by atoms with Gasteiger partial charge in [0, 0.05) is 36.3 Å². The van der Waals surface area contributed by atoms with Crippen molar-refractivity contribution in [1.29, 1.82) is 0 Å². The highest BCUT2D eigenvalue weighted by Crippen LogP contribution is 2.25. The average molecular weight is 379 g/mol. The molecule has 0 amide bonds. The van der Waals surface area contributed by atoms with Crippen LogP contribution in [-0.4, -0.2) is 57.4 Å². The lowest BCUT2D eigenvalue weighted by Crippen LogP contribution is -2.55. The molecule has 5 nitrogen and oxygen atoms in total. The zero-order valence-electron chi connectivity index (χ0n) is 11.3. The molecule has 21 heavy (non-hydrogen) atoms. The van der Waals surface area contributed by atoms with Gasteiger partial charge in [0.15, 0.2) is 0 Å². The van der Waals surface area contributed by atoms with E-state index in [2.05, 4.69) is 15.9 Å². The quantitative estimate of drug-likeness (QED) is 0.798. The van der Waals surface area contributed by atoms with Crippen LogP contribution in [0.15, 0.2) is 22.7 Å². The summed E-state index contributed by atoms with van der Waals surface area (Å²) < 4.78 is 45.2. The normalized spacial score (nSPS) is 21.3. The molecule has 0 bridgehead atoms. The van der Waals surface area contributed by atoms with Gasteiger partial charge in [-0.1, -0.05) is 15.9 Å². The fourth-order valence-electron chi connectivity index (χ4n) is 2.52. The van der Waals surface area contributed by atoms with Gasteiger partial charge in [-0.15, -0.1) is 0 Å². The summed E-state index contributed by atoms with van der Waals surface area (Å²) in [5.41, 5.74) is 0.769. The minimum absolute atomic E-state index is 0.291. The molecule has 2 saturated heterocycles. The molecule has 0 unspecified atom stereocenters. The van der Waals surface area contributed by atoms with E-state index in [-0.39, 0.29) is 5.82 Å². The highest BCUT2D eigenvalue weighted by molar-refractivity contribution is 9.10. The molecule has 2 fully saturated rings. The number of piperazine rings is 1. The first-order chi connectivity index (χ1) is 9.96. The average Bonchev–Trinajstić information content (AvgIpc) is 2.35. The summed E-state index contributed by atoms with van der Waals surface area (Å²) >= 11 is 3.27. The van der Waals surface area contributed by atoms with Gasteiger partial charge in [0.05, 0.1) is 13.2 Å². The molecule has 0 aromatic heterocycles. The molecular weight excluding hydrogens is 363 g/mol. The summed E-state index contributed by atoms with van der Waals surface area (Å²) in [4.78, 5) is 2.00. The van der Waals surface area contributed by atoms with Gasteiger partial charge in [-0.25, -0.2) is 12.8 Å². The number of nitrogens with zero attached hydrogens (tertiary/aromatic N) is 2. The second-order valence-electron chi connectivity index (χ2n) is 5.22. The standard InChI is InChI=1S/C13H16BrFN2O3S/c14-10-5-11(15)7-12(6-10)16-1-3-17(4-2-16)21(18,19)13-8-20-9-13/h5-7,13H,1-4,8-9H2. The zero-order valence-corrected chi connectivity index (χ0v) is 13.7. The van der Waals surface area contributed by atoms with Crippen LogP contribution in [0.1, 0.15) is 0 Å². The third-order valence-electron chi connectivity index (χ3n) is 3.84. The lowest BCUT2D eigenvalue weighted by Gasteiger charge is -2.38. The topological polar surface area (TPSA) is 49.9 Å². The maximum atomic E-state index is 13.4. The largest absolute Gasteiger partial charge is 0.378 e. The first kappa shape index (κ1) is 15.2. The molecule has 116 valence electrons. The van der Waals surface area contributed by atoms with E-state index in [1.165, 1.54) is 16.4 Å². The van der Waals surface area contributed by atoms with Crippen LogP contribution in [0.3, 0.4) is 0 Å². The van der Waals surface area contributed by atoms with E-state index in [1.54, 1.807) is 0 Å². The molecule has 3 rings (SSSR count). The maximum absolute atomic E-state index is 13.4. The Morgan fingerprint density at radius 1 is 1.14 bits per heavy atom. The monoisotopic (exact) mass is 378 g/mol. The molecule has 8 heteroatoms. The van der Waals surface area contributed by atoms with E-state index in [0.29, 0.717) is 43.9 Å². The summed E-state index contributed by atoms with van der Waals surface area (Å²) in [6.45, 7) is 2.55. The van der Waals surface area contributed by atoms with Crippen molar-refractivity contribution in [1.82, 2.24) is 4.31 Å². The summed E-state index contributed by atoms with van der Waals surface area (Å²) in [6, 6.07) is 4.71. The van der Waals surface area contributed by atoms with Crippen LogP contribution in [0.5, 0.6) is 0 Å². The van der Waals surface area contributed by atoms with E-state index in [4.69, 9.17) is 4.74 Å². The molecule has 0 N–H and O–H groups in total. The molecule has 1 aromatic carbocycles. The number of hydrogen-bond acceptors (Lipinski definition) is 4. The van der Waals surface area contributed by atoms with Crippen LogP contribution in [0.2, 0.25) is 0 Å². The lowest BCUT2D eigenvalue weighted by molar-refractivity contribution is 0.0391. The number of rotatable bonds is 3. The van der Waals surface area contributed by atoms with Crippen molar-refractivity contribution in [2.75, 3.05) is 44.3 Å². The van der Waals surface area contributed by atoms with Crippen LogP contribution in [0.25, 0.3) is 0 Å². The van der Waals surface area contributed by atoms with Crippen molar-refractivity contribution < 1.29 is 17.5 Å². The van der Waals surface area contributed by atoms with Crippen LogP contribution in [0.4, 0.5) is 10.1 Å². The van der Waals surface area contributed by atoms with Crippen LogP contribution < -0.4 is 4.90 Å². The third-order valence-corrected chi connectivity index (χ3v) is 6.50. The molecular formula is C13H16BrFN2O3S. The highest BCUT2D eigenvalue weighted by Gasteiger charge is 2.38. The van der Waals surface area contributed by atoms with Gasteiger partial charge in [-0.05, 0) is 18.2 Å². The number of hydrogen-bond donors (Lipinski definition) is 0. The smallest absolute Gasteiger partial charge is 0.221 e. The second kappa shape index (κ2) is 5.83. The SMILES string of the molecule is O=S(=O)(C1COC1)N1CCN(c2cc(F)cc(Br)c2)CC1. The van der Waals surface area contributed by atoms with Crippen LogP contribution >= 0.6 is 15.9 Å². The van der Waals surface area contributed by atoms with Gasteiger partial charge in [-0.3, -0.25) is 0 Å². The molecule has 0 atom stereocenters. The Bertz CT molecular complexity index is 608. The van der Waals surface area contributed by atoms with E-state index in [1.807, 2.05) is 11.0 Å². The number of benzene rings is 1. The minimum Gasteiger partial charge on any atom is -0.378 e. The number of anilines is 1. The number of sulfonamides is 1. The Hall–Kier alpha value is -0.700. The number of halogens is 2. The van der Waals surface area contributed by atoms with Crippen molar-refractivity contribution >= 4 is 31.6 Å². The van der Waals surface area contributed by atoms with Crippen molar-refractivity contribution in [2.24, 2.45) is 0 Å². The minimum atomic E-state index is -3.25. The van der Waals surface area contributed by atoms with Gasteiger partial charge in [0.25, 0.3) is 0 Å². The molecule has 0 radical (unpaired) electrons. The van der Waals surface area contributed by atoms with Crippen molar-refractivity contribution in [3.8, 4) is 0 Å². The van der Waals surface area contributed by atoms with E-state index in [9.17, 15) is 12.8 Å². The molecule has 2 aliphatic rings. The van der Waals surface area contributed by atoms with Gasteiger partial charge < -0.3 is 9.64 Å². The van der Waals surface area contributed by atoms with Gasteiger partial charge in [0.1, 0.15) is 11.1 Å². The summed E-state index contributed by atoms with van der Waals surface area (Å²) in [6.07, 6.45) is 0. The Kier molecular flexibility index (Phi) is 4.22. The first-order valence-electron chi connectivity index (χ1n) is 6.74. The van der Waals surface area contributed by atoms with Crippen LogP contribution in [-0.2, 0) is 14.8 Å². The first-order valence-corrected chi connectivity index (χ1v) is 9.04. The Balaban J connectivity index is 1.67. The fourth-order valence-corrected chi connectivity index (χ4v) is 4.60. The molecule has 0 aliphatic carbocycles. The molecule has 2 heterocycles. The fraction of sp³-hybridized carbons (Fsp3) is 0.538. The summed E-state index contributed by atoms with van der Waals surface area (Å²) in [5.74, 6) is -0.305. The molecule has 1 aromatic rings. The van der Waals surface area contributed by atoms with Gasteiger partial charge >= 0.3 is 0 Å². The van der Waals surface area contributed by atoms with Crippen molar-refractivity contribution in [3.63, 3.8) is 0 Å². The number of ether oxygens (including phenoxy) is 1. The second-order valence-corrected chi connectivity index (χ2v) is 8.35. The third kappa shape index (κ3) is 3.08. The molecule has 0 spiro atoms. The zero-order chi connectivity index (χ0) is 15.0. The Morgan fingerprint density at radius 3 is 2.33 bits per heavy atom. The Labute approximate surface area is 131 Å². The van der Waals surface area contributed by atoms with Crippen LogP contribution in [0, 0.1) is 5.82 Å². The summed E-state index contributed by atoms with van der Waals surface area (Å²) in [7, 11) is -3.25. The van der Waals surface area contributed by atoms with E-state index >= 15 is 0 Å². The predicted molar refractivity (Wildman–Crippen MR) is 81.4 cm³/mol. The van der Waals surface area contributed by atoms with Gasteiger partial charge in [-0.2, -0.15) is 4.31 Å². The van der Waals surface area contributed by atoms with E-state index < -0.39 is 15.3 Å². The maximum Gasteiger partial charge on any atom is 0.221 e. The summed E-state index contributed by atoms with van der Waals surface area (Å²) in [5, 5.41) is -0.396. The lowest BCUT2D eigenvalue weighted by atomic mass is 10.2. The Morgan fingerprint density at radius 2 is 1.81 bits per heavy atom. The highest BCUT2D eigenvalue weighted by atomic mass is 79.9.